The molecule has 4 nitrogen and oxygen atoms in total. The molecule has 0 atom stereocenters. The molecule has 1 aliphatic rings. The normalized spacial score (nSPS) is 15.7. The summed E-state index contributed by atoms with van der Waals surface area (Å²) in [4.78, 5) is 10.0. The maximum atomic E-state index is 2.57. The SMILES string of the molecule is CC(C)N(CCN1C=CN(CCN(C(C)C)C(C)C)C1)C(C)C. The summed E-state index contributed by atoms with van der Waals surface area (Å²) in [6.45, 7) is 23.9. The van der Waals surface area contributed by atoms with Gasteiger partial charge in [0.25, 0.3) is 0 Å². The van der Waals surface area contributed by atoms with E-state index in [9.17, 15) is 0 Å². The van der Waals surface area contributed by atoms with Crippen LogP contribution < -0.4 is 0 Å². The molecular formula is C19H40N4. The van der Waals surface area contributed by atoms with Crippen molar-refractivity contribution in [3.8, 4) is 0 Å². The molecule has 1 heterocycles. The van der Waals surface area contributed by atoms with Gasteiger partial charge in [0.2, 0.25) is 0 Å². The van der Waals surface area contributed by atoms with Crippen molar-refractivity contribution in [3.05, 3.63) is 12.4 Å². The quantitative estimate of drug-likeness (QED) is 0.611. The average Bonchev–Trinajstić information content (AvgIpc) is 2.85. The predicted molar refractivity (Wildman–Crippen MR) is 101 cm³/mol. The molecule has 0 aliphatic carbocycles. The Morgan fingerprint density at radius 3 is 1.22 bits per heavy atom. The maximum absolute atomic E-state index is 2.57. The Kier molecular flexibility index (Phi) is 8.41. The molecule has 0 aromatic carbocycles. The fourth-order valence-corrected chi connectivity index (χ4v) is 3.52. The third-order valence-electron chi connectivity index (χ3n) is 4.80. The first-order valence-electron chi connectivity index (χ1n) is 9.40. The molecule has 1 rings (SSSR count). The Balaban J connectivity index is 2.35. The van der Waals surface area contributed by atoms with Crippen LogP contribution in [0.1, 0.15) is 55.4 Å². The highest BCUT2D eigenvalue weighted by Gasteiger charge is 2.18. The van der Waals surface area contributed by atoms with Gasteiger partial charge in [-0.15, -0.1) is 0 Å². The number of hydrogen-bond donors (Lipinski definition) is 0. The van der Waals surface area contributed by atoms with Crippen molar-refractivity contribution in [1.29, 1.82) is 0 Å². The summed E-state index contributed by atoms with van der Waals surface area (Å²) in [7, 11) is 0. The van der Waals surface area contributed by atoms with Gasteiger partial charge in [-0.3, -0.25) is 9.80 Å². The summed E-state index contributed by atoms with van der Waals surface area (Å²) in [5.41, 5.74) is 0. The van der Waals surface area contributed by atoms with Crippen molar-refractivity contribution in [2.45, 2.75) is 79.6 Å². The molecule has 0 aromatic heterocycles. The van der Waals surface area contributed by atoms with Crippen LogP contribution >= 0.6 is 0 Å². The number of hydrogen-bond acceptors (Lipinski definition) is 4. The monoisotopic (exact) mass is 324 g/mol. The van der Waals surface area contributed by atoms with Gasteiger partial charge in [-0.2, -0.15) is 0 Å². The molecule has 0 amide bonds. The van der Waals surface area contributed by atoms with Crippen LogP contribution in [-0.4, -0.2) is 76.6 Å². The Hall–Kier alpha value is -0.740. The van der Waals surface area contributed by atoms with Crippen molar-refractivity contribution >= 4 is 0 Å². The lowest BCUT2D eigenvalue weighted by Gasteiger charge is -2.33. The van der Waals surface area contributed by atoms with E-state index in [4.69, 9.17) is 0 Å². The molecule has 0 N–H and O–H groups in total. The van der Waals surface area contributed by atoms with E-state index < -0.39 is 0 Å². The van der Waals surface area contributed by atoms with Gasteiger partial charge in [-0.05, 0) is 55.4 Å². The van der Waals surface area contributed by atoms with E-state index in [-0.39, 0.29) is 0 Å². The topological polar surface area (TPSA) is 13.0 Å². The van der Waals surface area contributed by atoms with E-state index in [1.165, 1.54) is 0 Å². The van der Waals surface area contributed by atoms with Gasteiger partial charge in [0.15, 0.2) is 0 Å². The first kappa shape index (κ1) is 20.3. The van der Waals surface area contributed by atoms with Crippen molar-refractivity contribution in [2.24, 2.45) is 0 Å². The zero-order valence-electron chi connectivity index (χ0n) is 16.8. The minimum atomic E-state index is 0.614. The van der Waals surface area contributed by atoms with Crippen LogP contribution in [0.25, 0.3) is 0 Å². The molecule has 0 fully saturated rings. The van der Waals surface area contributed by atoms with E-state index >= 15 is 0 Å². The second kappa shape index (κ2) is 9.53. The van der Waals surface area contributed by atoms with Crippen LogP contribution in [0.5, 0.6) is 0 Å². The van der Waals surface area contributed by atoms with E-state index in [0.717, 1.165) is 32.8 Å². The molecule has 0 aromatic rings. The van der Waals surface area contributed by atoms with Crippen LogP contribution in [-0.2, 0) is 0 Å². The van der Waals surface area contributed by atoms with Crippen LogP contribution in [0.3, 0.4) is 0 Å². The van der Waals surface area contributed by atoms with Crippen molar-refractivity contribution in [2.75, 3.05) is 32.8 Å². The highest BCUT2D eigenvalue weighted by atomic mass is 15.4. The summed E-state index contributed by atoms with van der Waals surface area (Å²) in [5, 5.41) is 0. The molecule has 0 radical (unpaired) electrons. The Bertz CT molecular complexity index is 301. The predicted octanol–water partition coefficient (Wildman–Crippen LogP) is 3.27. The largest absolute Gasteiger partial charge is 0.357 e. The van der Waals surface area contributed by atoms with Crippen LogP contribution in [0.15, 0.2) is 12.4 Å². The van der Waals surface area contributed by atoms with E-state index in [1.807, 2.05) is 0 Å². The van der Waals surface area contributed by atoms with Gasteiger partial charge >= 0.3 is 0 Å². The molecule has 0 unspecified atom stereocenters. The molecule has 136 valence electrons. The Morgan fingerprint density at radius 2 is 0.957 bits per heavy atom. The van der Waals surface area contributed by atoms with E-state index in [1.54, 1.807) is 0 Å². The fraction of sp³-hybridized carbons (Fsp3) is 0.895. The van der Waals surface area contributed by atoms with Gasteiger partial charge in [0.05, 0.1) is 6.67 Å². The highest BCUT2D eigenvalue weighted by molar-refractivity contribution is 4.91. The van der Waals surface area contributed by atoms with Gasteiger partial charge in [0, 0.05) is 62.7 Å². The third-order valence-corrected chi connectivity index (χ3v) is 4.80. The fourth-order valence-electron chi connectivity index (χ4n) is 3.52. The lowest BCUT2D eigenvalue weighted by Crippen LogP contribution is -2.43. The maximum Gasteiger partial charge on any atom is 0.0894 e. The molecular weight excluding hydrogens is 284 g/mol. The van der Waals surface area contributed by atoms with Crippen molar-refractivity contribution < 1.29 is 0 Å². The number of nitrogens with zero attached hydrogens (tertiary/aromatic N) is 4. The third kappa shape index (κ3) is 6.72. The van der Waals surface area contributed by atoms with Crippen molar-refractivity contribution in [1.82, 2.24) is 19.6 Å². The lowest BCUT2D eigenvalue weighted by molar-refractivity contribution is 0.135. The Labute approximate surface area is 145 Å². The molecule has 0 saturated heterocycles. The first-order chi connectivity index (χ1) is 10.7. The van der Waals surface area contributed by atoms with E-state index in [2.05, 4.69) is 87.4 Å². The zero-order chi connectivity index (χ0) is 17.6. The second-order valence-corrected chi connectivity index (χ2v) is 7.91. The first-order valence-corrected chi connectivity index (χ1v) is 9.40. The summed E-state index contributed by atoms with van der Waals surface area (Å²) >= 11 is 0. The van der Waals surface area contributed by atoms with Crippen molar-refractivity contribution in [3.63, 3.8) is 0 Å². The number of rotatable bonds is 10. The van der Waals surface area contributed by atoms with Gasteiger partial charge in [-0.25, -0.2) is 0 Å². The minimum Gasteiger partial charge on any atom is -0.357 e. The van der Waals surface area contributed by atoms with E-state index in [0.29, 0.717) is 24.2 Å². The summed E-state index contributed by atoms with van der Waals surface area (Å²) in [6, 6.07) is 2.46. The molecule has 4 heteroatoms. The standard InChI is InChI=1S/C19H40N4/c1-16(2)22(17(3)4)13-11-20-9-10-21(15-20)12-14-23(18(5)6)19(7)8/h9-10,16-19H,11-15H2,1-8H3. The second-order valence-electron chi connectivity index (χ2n) is 7.91. The molecule has 0 spiro atoms. The molecule has 1 aliphatic heterocycles. The minimum absolute atomic E-state index is 0.614. The van der Waals surface area contributed by atoms with Gasteiger partial charge in [-0.1, -0.05) is 0 Å². The highest BCUT2D eigenvalue weighted by Crippen LogP contribution is 2.11. The zero-order valence-corrected chi connectivity index (χ0v) is 16.8. The average molecular weight is 325 g/mol. The van der Waals surface area contributed by atoms with Crippen LogP contribution in [0, 0.1) is 0 Å². The summed E-state index contributed by atoms with van der Waals surface area (Å²) < 4.78 is 0. The van der Waals surface area contributed by atoms with Gasteiger partial charge in [0.1, 0.15) is 0 Å². The van der Waals surface area contributed by atoms with Crippen LogP contribution in [0.2, 0.25) is 0 Å². The molecule has 0 bridgehead atoms. The molecule has 0 saturated carbocycles. The summed E-state index contributed by atoms with van der Waals surface area (Å²) in [5.74, 6) is 0. The van der Waals surface area contributed by atoms with Gasteiger partial charge < -0.3 is 9.80 Å². The summed E-state index contributed by atoms with van der Waals surface area (Å²) in [6.07, 6.45) is 4.52. The smallest absolute Gasteiger partial charge is 0.0894 e. The molecule has 23 heavy (non-hydrogen) atoms. The lowest BCUT2D eigenvalue weighted by atomic mass is 10.2. The Morgan fingerprint density at radius 1 is 0.652 bits per heavy atom. The van der Waals surface area contributed by atoms with Crippen LogP contribution in [0.4, 0.5) is 0 Å².